The number of aliphatic hydroxyl groups excluding tert-OH is 1. The van der Waals surface area contributed by atoms with Crippen LogP contribution in [0.15, 0.2) is 0 Å². The smallest absolute Gasteiger partial charge is 0.192 e. The van der Waals surface area contributed by atoms with Crippen LogP contribution in [0.5, 0.6) is 0 Å². The number of unbranched alkanes of at least 4 members (excludes halogenated alkanes) is 4. The molecule has 4 nitrogen and oxygen atoms in total. The number of hydrogen-bond acceptors (Lipinski definition) is 4. The minimum absolute atomic E-state index is 0.00135. The Morgan fingerprint density at radius 3 is 2.20 bits per heavy atom. The Morgan fingerprint density at radius 1 is 1.08 bits per heavy atom. The number of hydrogen-bond donors (Lipinski definition) is 1. The van der Waals surface area contributed by atoms with Crippen LogP contribution in [-0.4, -0.2) is 44.1 Å². The van der Waals surface area contributed by atoms with Crippen LogP contribution in [0.4, 0.5) is 0 Å². The van der Waals surface area contributed by atoms with Gasteiger partial charge in [0, 0.05) is 0 Å². The molecular formula is C20H42O4Si. The highest BCUT2D eigenvalue weighted by molar-refractivity contribution is 6.74. The maximum atomic E-state index is 10.0. The van der Waals surface area contributed by atoms with E-state index in [0.29, 0.717) is 0 Å². The van der Waals surface area contributed by atoms with Gasteiger partial charge in [0.05, 0.1) is 18.8 Å². The van der Waals surface area contributed by atoms with E-state index >= 15 is 0 Å². The summed E-state index contributed by atoms with van der Waals surface area (Å²) >= 11 is 0. The Morgan fingerprint density at radius 2 is 1.68 bits per heavy atom. The van der Waals surface area contributed by atoms with Gasteiger partial charge in [-0.1, -0.05) is 59.8 Å². The van der Waals surface area contributed by atoms with Gasteiger partial charge in [-0.15, -0.1) is 0 Å². The van der Waals surface area contributed by atoms with Gasteiger partial charge in [0.1, 0.15) is 6.10 Å². The predicted molar refractivity (Wildman–Crippen MR) is 106 cm³/mol. The molecule has 1 rings (SSSR count). The first-order valence-corrected chi connectivity index (χ1v) is 13.0. The molecule has 0 aliphatic carbocycles. The molecule has 0 radical (unpaired) electrons. The normalized spacial score (nSPS) is 25.3. The van der Waals surface area contributed by atoms with Gasteiger partial charge < -0.3 is 19.0 Å². The average molecular weight is 375 g/mol. The summed E-state index contributed by atoms with van der Waals surface area (Å²) < 4.78 is 18.8. The Kier molecular flexibility index (Phi) is 8.60. The topological polar surface area (TPSA) is 47.9 Å². The standard InChI is InChI=1S/C20H42O4Si/c1-9-10-11-12-13-14-16-18(23-20(5,6)22-16)17(15-21)24-25(7,8)19(2,3)4/h16-18,21H,9-15H2,1-8H3/t16-,17+,18+/m1/s1. The molecule has 0 aromatic heterocycles. The Bertz CT molecular complexity index is 390. The minimum Gasteiger partial charge on any atom is -0.409 e. The van der Waals surface area contributed by atoms with E-state index in [1.54, 1.807) is 0 Å². The van der Waals surface area contributed by atoms with Crippen molar-refractivity contribution in [3.63, 3.8) is 0 Å². The van der Waals surface area contributed by atoms with Crippen LogP contribution in [0.2, 0.25) is 18.1 Å². The molecule has 25 heavy (non-hydrogen) atoms. The summed E-state index contributed by atoms with van der Waals surface area (Å²) in [6.45, 7) is 17.2. The summed E-state index contributed by atoms with van der Waals surface area (Å²) in [4.78, 5) is 0. The van der Waals surface area contributed by atoms with Gasteiger partial charge >= 0.3 is 0 Å². The molecule has 1 heterocycles. The molecule has 3 atom stereocenters. The van der Waals surface area contributed by atoms with Gasteiger partial charge in [0.2, 0.25) is 0 Å². The second kappa shape index (κ2) is 9.31. The van der Waals surface area contributed by atoms with Gasteiger partial charge in [-0.25, -0.2) is 0 Å². The van der Waals surface area contributed by atoms with E-state index in [1.807, 2.05) is 13.8 Å². The van der Waals surface area contributed by atoms with Crippen molar-refractivity contribution in [3.05, 3.63) is 0 Å². The lowest BCUT2D eigenvalue weighted by Crippen LogP contribution is -2.50. The Balaban J connectivity index is 2.74. The summed E-state index contributed by atoms with van der Waals surface area (Å²) in [5, 5.41) is 10.1. The van der Waals surface area contributed by atoms with Crippen LogP contribution in [-0.2, 0) is 13.9 Å². The molecule has 0 spiro atoms. The third-order valence-electron chi connectivity index (χ3n) is 5.61. The van der Waals surface area contributed by atoms with Gasteiger partial charge in [-0.2, -0.15) is 0 Å². The van der Waals surface area contributed by atoms with Gasteiger partial charge in [0.25, 0.3) is 0 Å². The van der Waals surface area contributed by atoms with Crippen molar-refractivity contribution >= 4 is 8.32 Å². The molecule has 1 saturated heterocycles. The maximum Gasteiger partial charge on any atom is 0.192 e. The van der Waals surface area contributed by atoms with Crippen LogP contribution in [0, 0.1) is 0 Å². The highest BCUT2D eigenvalue weighted by Crippen LogP contribution is 2.40. The first-order valence-electron chi connectivity index (χ1n) is 10.1. The van der Waals surface area contributed by atoms with E-state index in [9.17, 15) is 5.11 Å². The molecule has 0 saturated carbocycles. The number of rotatable bonds is 10. The van der Waals surface area contributed by atoms with Crippen molar-refractivity contribution in [2.24, 2.45) is 0 Å². The third-order valence-corrected chi connectivity index (χ3v) is 10.1. The predicted octanol–water partition coefficient (Wildman–Crippen LogP) is 5.25. The van der Waals surface area contributed by atoms with E-state index in [0.717, 1.165) is 12.8 Å². The molecule has 0 bridgehead atoms. The summed E-state index contributed by atoms with van der Waals surface area (Å²) in [7, 11) is -1.98. The van der Waals surface area contributed by atoms with E-state index in [4.69, 9.17) is 13.9 Å². The summed E-state index contributed by atoms with van der Waals surface area (Å²) in [5.74, 6) is -0.608. The van der Waals surface area contributed by atoms with Crippen LogP contribution in [0.1, 0.15) is 80.1 Å². The van der Waals surface area contributed by atoms with Gasteiger partial charge in [0.15, 0.2) is 14.1 Å². The zero-order valence-corrected chi connectivity index (χ0v) is 18.9. The average Bonchev–Trinajstić information content (AvgIpc) is 2.78. The fourth-order valence-corrected chi connectivity index (χ4v) is 4.43. The third kappa shape index (κ3) is 6.94. The van der Waals surface area contributed by atoms with Crippen molar-refractivity contribution in [2.45, 2.75) is 122 Å². The van der Waals surface area contributed by atoms with Crippen LogP contribution in [0.3, 0.4) is 0 Å². The molecule has 1 fully saturated rings. The Labute approximate surface area is 156 Å². The fourth-order valence-electron chi connectivity index (χ4n) is 3.11. The highest BCUT2D eigenvalue weighted by Gasteiger charge is 2.48. The largest absolute Gasteiger partial charge is 0.409 e. The first-order chi connectivity index (χ1) is 11.4. The summed E-state index contributed by atoms with van der Waals surface area (Å²) in [6.07, 6.45) is 6.65. The van der Waals surface area contributed by atoms with E-state index in [1.165, 1.54) is 25.7 Å². The molecule has 0 aromatic carbocycles. The molecule has 1 N–H and O–H groups in total. The van der Waals surface area contributed by atoms with Crippen LogP contribution >= 0.6 is 0 Å². The molecule has 150 valence electrons. The van der Waals surface area contributed by atoms with E-state index in [2.05, 4.69) is 40.8 Å². The summed E-state index contributed by atoms with van der Waals surface area (Å²) in [6, 6.07) is 0. The molecule has 0 amide bonds. The monoisotopic (exact) mass is 374 g/mol. The van der Waals surface area contributed by atoms with Gasteiger partial charge in [-0.05, 0) is 38.4 Å². The lowest BCUT2D eigenvalue weighted by Gasteiger charge is -2.40. The fraction of sp³-hybridized carbons (Fsp3) is 1.00. The number of aliphatic hydroxyl groups is 1. The molecule has 1 aliphatic rings. The quantitative estimate of drug-likeness (QED) is 0.419. The van der Waals surface area contributed by atoms with Crippen molar-refractivity contribution in [2.75, 3.05) is 6.61 Å². The lowest BCUT2D eigenvalue weighted by molar-refractivity contribution is -0.156. The zero-order valence-electron chi connectivity index (χ0n) is 17.9. The Hall–Kier alpha value is 0.0569. The molecule has 5 heteroatoms. The molecule has 0 unspecified atom stereocenters. The van der Waals surface area contributed by atoms with Crippen LogP contribution in [0.25, 0.3) is 0 Å². The highest BCUT2D eigenvalue weighted by atomic mass is 28.4. The maximum absolute atomic E-state index is 10.0. The minimum atomic E-state index is -1.98. The van der Waals surface area contributed by atoms with Crippen LogP contribution < -0.4 is 0 Å². The van der Waals surface area contributed by atoms with Crippen molar-refractivity contribution in [1.82, 2.24) is 0 Å². The van der Waals surface area contributed by atoms with E-state index in [-0.39, 0.29) is 30.0 Å². The second-order valence-corrected chi connectivity index (χ2v) is 14.2. The van der Waals surface area contributed by atoms with Crippen molar-refractivity contribution < 1.29 is 19.0 Å². The van der Waals surface area contributed by atoms with Crippen molar-refractivity contribution in [3.8, 4) is 0 Å². The first kappa shape index (κ1) is 23.1. The zero-order chi connectivity index (χ0) is 19.3. The molecular weight excluding hydrogens is 332 g/mol. The molecule has 1 aliphatic heterocycles. The SMILES string of the molecule is CCCCCCC[C@H]1OC(C)(C)O[C@@H]1[C@H](CO)O[Si](C)(C)C(C)(C)C. The van der Waals surface area contributed by atoms with Gasteiger partial charge in [-0.3, -0.25) is 0 Å². The lowest BCUT2D eigenvalue weighted by atomic mass is 10.0. The van der Waals surface area contributed by atoms with Crippen molar-refractivity contribution in [1.29, 1.82) is 0 Å². The summed E-state index contributed by atoms with van der Waals surface area (Å²) in [5.41, 5.74) is 0. The molecule has 0 aromatic rings. The second-order valence-electron chi connectivity index (χ2n) is 9.44. The van der Waals surface area contributed by atoms with E-state index < -0.39 is 14.1 Å². The number of ether oxygens (including phenoxy) is 2.